The van der Waals surface area contributed by atoms with Crippen molar-refractivity contribution in [1.29, 1.82) is 0 Å². The third-order valence-electron chi connectivity index (χ3n) is 2.42. The molecule has 0 atom stereocenters. The van der Waals surface area contributed by atoms with Gasteiger partial charge in [-0.3, -0.25) is 0 Å². The van der Waals surface area contributed by atoms with Gasteiger partial charge in [-0.15, -0.1) is 0 Å². The summed E-state index contributed by atoms with van der Waals surface area (Å²) in [7, 11) is 0. The third kappa shape index (κ3) is 2.11. The van der Waals surface area contributed by atoms with Gasteiger partial charge in [-0.05, 0) is 35.9 Å². The number of esters is 1. The molecule has 0 radical (unpaired) electrons. The highest BCUT2D eigenvalue weighted by Crippen LogP contribution is 2.22. The molecule has 0 aromatic heterocycles. The summed E-state index contributed by atoms with van der Waals surface area (Å²) in [4.78, 5) is 11.6. The Kier molecular flexibility index (Phi) is 3.04. The summed E-state index contributed by atoms with van der Waals surface area (Å²) in [6.07, 6.45) is 0. The van der Waals surface area contributed by atoms with E-state index in [1.165, 1.54) is 6.07 Å². The molecular formula is C13H10F2O2. The normalized spacial score (nSPS) is 10.5. The summed E-state index contributed by atoms with van der Waals surface area (Å²) in [6.45, 7) is 1.92. The fraction of sp³-hybridized carbons (Fsp3) is 0.154. The molecule has 0 N–H and O–H groups in total. The van der Waals surface area contributed by atoms with Gasteiger partial charge in [-0.25, -0.2) is 13.6 Å². The highest BCUT2D eigenvalue weighted by molar-refractivity contribution is 6.04. The second-order valence-corrected chi connectivity index (χ2v) is 3.51. The molecule has 2 rings (SSSR count). The number of hydrogen-bond acceptors (Lipinski definition) is 2. The minimum Gasteiger partial charge on any atom is -0.462 e. The SMILES string of the molecule is CCOC(=O)c1cccc2cc(F)c(F)cc12. The number of carbonyl (C=O) groups excluding carboxylic acids is 1. The monoisotopic (exact) mass is 236 g/mol. The molecule has 2 nitrogen and oxygen atoms in total. The van der Waals surface area contributed by atoms with Gasteiger partial charge in [0.2, 0.25) is 0 Å². The summed E-state index contributed by atoms with van der Waals surface area (Å²) >= 11 is 0. The van der Waals surface area contributed by atoms with Gasteiger partial charge in [-0.2, -0.15) is 0 Å². The van der Waals surface area contributed by atoms with Crippen molar-refractivity contribution in [2.45, 2.75) is 6.92 Å². The van der Waals surface area contributed by atoms with E-state index in [4.69, 9.17) is 4.74 Å². The van der Waals surface area contributed by atoms with E-state index in [-0.39, 0.29) is 12.2 Å². The predicted molar refractivity (Wildman–Crippen MR) is 59.8 cm³/mol. The van der Waals surface area contributed by atoms with Crippen LogP contribution in [0.5, 0.6) is 0 Å². The minimum atomic E-state index is -0.978. The lowest BCUT2D eigenvalue weighted by Crippen LogP contribution is -2.05. The molecule has 0 saturated carbocycles. The molecule has 0 spiro atoms. The summed E-state index contributed by atoms with van der Waals surface area (Å²) in [5.74, 6) is -2.45. The van der Waals surface area contributed by atoms with Gasteiger partial charge in [0.15, 0.2) is 11.6 Å². The summed E-state index contributed by atoms with van der Waals surface area (Å²) in [6, 6.07) is 6.81. The van der Waals surface area contributed by atoms with Crippen LogP contribution in [0.4, 0.5) is 8.78 Å². The quantitative estimate of drug-likeness (QED) is 0.748. The molecule has 0 aliphatic rings. The van der Waals surface area contributed by atoms with Crippen LogP contribution < -0.4 is 0 Å². The van der Waals surface area contributed by atoms with Gasteiger partial charge in [0, 0.05) is 0 Å². The number of ether oxygens (including phenoxy) is 1. The lowest BCUT2D eigenvalue weighted by molar-refractivity contribution is 0.0528. The molecule has 0 fully saturated rings. The zero-order valence-corrected chi connectivity index (χ0v) is 9.17. The van der Waals surface area contributed by atoms with Gasteiger partial charge in [-0.1, -0.05) is 12.1 Å². The van der Waals surface area contributed by atoms with E-state index in [9.17, 15) is 13.6 Å². The first-order valence-corrected chi connectivity index (χ1v) is 5.18. The second kappa shape index (κ2) is 4.49. The molecule has 0 amide bonds. The zero-order chi connectivity index (χ0) is 12.4. The standard InChI is InChI=1S/C13H10F2O2/c1-2-17-13(16)9-5-3-4-8-6-11(14)12(15)7-10(8)9/h3-7H,2H2,1H3. The van der Waals surface area contributed by atoms with Crippen LogP contribution in [0, 0.1) is 11.6 Å². The van der Waals surface area contributed by atoms with Crippen LogP contribution in [0.15, 0.2) is 30.3 Å². The van der Waals surface area contributed by atoms with E-state index in [0.29, 0.717) is 10.8 Å². The molecule has 88 valence electrons. The van der Waals surface area contributed by atoms with Crippen molar-refractivity contribution < 1.29 is 18.3 Å². The highest BCUT2D eigenvalue weighted by Gasteiger charge is 2.13. The van der Waals surface area contributed by atoms with Crippen molar-refractivity contribution in [2.24, 2.45) is 0 Å². The molecule has 17 heavy (non-hydrogen) atoms. The summed E-state index contributed by atoms with van der Waals surface area (Å²) < 4.78 is 31.0. The molecule has 2 aromatic rings. The van der Waals surface area contributed by atoms with E-state index >= 15 is 0 Å². The first-order valence-electron chi connectivity index (χ1n) is 5.18. The van der Waals surface area contributed by atoms with Crippen molar-refractivity contribution in [3.63, 3.8) is 0 Å². The molecule has 0 unspecified atom stereocenters. The third-order valence-corrected chi connectivity index (χ3v) is 2.42. The van der Waals surface area contributed by atoms with Crippen LogP contribution in [0.1, 0.15) is 17.3 Å². The van der Waals surface area contributed by atoms with Crippen LogP contribution in [-0.4, -0.2) is 12.6 Å². The lowest BCUT2D eigenvalue weighted by atomic mass is 10.0. The maximum atomic E-state index is 13.2. The number of rotatable bonds is 2. The molecule has 0 saturated heterocycles. The van der Waals surface area contributed by atoms with E-state index < -0.39 is 17.6 Å². The first kappa shape index (κ1) is 11.5. The molecule has 2 aromatic carbocycles. The second-order valence-electron chi connectivity index (χ2n) is 3.51. The van der Waals surface area contributed by atoms with Crippen molar-refractivity contribution in [1.82, 2.24) is 0 Å². The maximum Gasteiger partial charge on any atom is 0.338 e. The maximum absolute atomic E-state index is 13.2. The van der Waals surface area contributed by atoms with E-state index in [2.05, 4.69) is 0 Å². The van der Waals surface area contributed by atoms with Gasteiger partial charge < -0.3 is 4.74 Å². The smallest absolute Gasteiger partial charge is 0.338 e. The van der Waals surface area contributed by atoms with Crippen molar-refractivity contribution in [3.8, 4) is 0 Å². The molecule has 0 aliphatic heterocycles. The molecule has 0 bridgehead atoms. The van der Waals surface area contributed by atoms with Crippen LogP contribution in [0.25, 0.3) is 10.8 Å². The van der Waals surface area contributed by atoms with Crippen LogP contribution in [-0.2, 0) is 4.74 Å². The Morgan fingerprint density at radius 2 is 1.94 bits per heavy atom. The predicted octanol–water partition coefficient (Wildman–Crippen LogP) is 3.29. The van der Waals surface area contributed by atoms with E-state index in [1.807, 2.05) is 0 Å². The minimum absolute atomic E-state index is 0.235. The Hall–Kier alpha value is -1.97. The molecule has 4 heteroatoms. The van der Waals surface area contributed by atoms with Gasteiger partial charge in [0.25, 0.3) is 0 Å². The topological polar surface area (TPSA) is 26.3 Å². The molecular weight excluding hydrogens is 226 g/mol. The first-order chi connectivity index (χ1) is 8.13. The van der Waals surface area contributed by atoms with Crippen molar-refractivity contribution in [3.05, 3.63) is 47.5 Å². The Bertz CT molecular complexity index is 579. The Labute approximate surface area is 96.8 Å². The van der Waals surface area contributed by atoms with Crippen LogP contribution >= 0.6 is 0 Å². The average Bonchev–Trinajstić information content (AvgIpc) is 2.30. The van der Waals surface area contributed by atoms with Crippen molar-refractivity contribution in [2.75, 3.05) is 6.61 Å². The Morgan fingerprint density at radius 1 is 1.24 bits per heavy atom. The molecule has 0 aliphatic carbocycles. The average molecular weight is 236 g/mol. The Balaban J connectivity index is 2.64. The van der Waals surface area contributed by atoms with Crippen LogP contribution in [0.2, 0.25) is 0 Å². The lowest BCUT2D eigenvalue weighted by Gasteiger charge is -2.06. The number of carbonyl (C=O) groups is 1. The Morgan fingerprint density at radius 3 is 2.65 bits per heavy atom. The number of benzene rings is 2. The number of halogens is 2. The van der Waals surface area contributed by atoms with Crippen LogP contribution in [0.3, 0.4) is 0 Å². The number of fused-ring (bicyclic) bond motifs is 1. The van der Waals surface area contributed by atoms with Crippen molar-refractivity contribution >= 4 is 16.7 Å². The summed E-state index contributed by atoms with van der Waals surface area (Å²) in [5.41, 5.74) is 0.239. The van der Waals surface area contributed by atoms with Gasteiger partial charge in [0.1, 0.15) is 0 Å². The fourth-order valence-electron chi connectivity index (χ4n) is 1.66. The van der Waals surface area contributed by atoms with Gasteiger partial charge >= 0.3 is 5.97 Å². The largest absolute Gasteiger partial charge is 0.462 e. The fourth-order valence-corrected chi connectivity index (χ4v) is 1.66. The highest BCUT2D eigenvalue weighted by atomic mass is 19.2. The van der Waals surface area contributed by atoms with E-state index in [1.54, 1.807) is 19.1 Å². The number of hydrogen-bond donors (Lipinski definition) is 0. The summed E-state index contributed by atoms with van der Waals surface area (Å²) in [5, 5.41) is 0.819. The molecule has 0 heterocycles. The zero-order valence-electron chi connectivity index (χ0n) is 9.17. The van der Waals surface area contributed by atoms with E-state index in [0.717, 1.165) is 12.1 Å². The van der Waals surface area contributed by atoms with Gasteiger partial charge in [0.05, 0.1) is 12.2 Å².